The summed E-state index contributed by atoms with van der Waals surface area (Å²) in [6.45, 7) is 10.2. The monoisotopic (exact) mass is 426 g/mol. The summed E-state index contributed by atoms with van der Waals surface area (Å²) < 4.78 is 23.2. The van der Waals surface area contributed by atoms with Gasteiger partial charge in [0, 0.05) is 22.6 Å². The van der Waals surface area contributed by atoms with E-state index in [0.29, 0.717) is 27.8 Å². The molecule has 2 heterocycles. The van der Waals surface area contributed by atoms with E-state index in [4.69, 9.17) is 18.6 Å². The molecular formula is C24H26O7. The van der Waals surface area contributed by atoms with E-state index in [-0.39, 0.29) is 5.58 Å². The second-order valence-electron chi connectivity index (χ2n) is 7.95. The number of carbonyl (C=O) groups is 2. The average molecular weight is 426 g/mol. The van der Waals surface area contributed by atoms with Crippen LogP contribution in [-0.4, -0.2) is 23.6 Å². The Bertz CT molecular complexity index is 1150. The molecule has 0 amide bonds. The lowest BCUT2D eigenvalue weighted by Crippen LogP contribution is -2.52. The van der Waals surface area contributed by atoms with Crippen molar-refractivity contribution in [1.29, 1.82) is 0 Å². The Labute approximate surface area is 180 Å². The van der Waals surface area contributed by atoms with E-state index in [0.717, 1.165) is 0 Å². The third-order valence-electron chi connectivity index (χ3n) is 5.38. The van der Waals surface area contributed by atoms with Gasteiger partial charge in [-0.25, -0.2) is 14.4 Å². The molecule has 0 N–H and O–H groups in total. The van der Waals surface area contributed by atoms with Crippen LogP contribution in [0, 0.1) is 0 Å². The Morgan fingerprint density at radius 2 is 1.55 bits per heavy atom. The Balaban J connectivity index is 2.23. The molecule has 0 saturated heterocycles. The Hall–Kier alpha value is -3.35. The molecule has 0 bridgehead atoms. The lowest BCUT2D eigenvalue weighted by molar-refractivity contribution is -0.185. The number of carbonyl (C=O) groups excluding carboxylic acids is 2. The largest absolute Gasteiger partial charge is 0.483 e. The van der Waals surface area contributed by atoms with Crippen LogP contribution in [0.5, 0.6) is 5.75 Å². The normalized spacial score (nSPS) is 20.6. The van der Waals surface area contributed by atoms with Gasteiger partial charge in [0.25, 0.3) is 0 Å². The fraction of sp³-hybridized carbons (Fsp3) is 0.375. The summed E-state index contributed by atoms with van der Waals surface area (Å²) in [6, 6.07) is 6.39. The maximum Gasteiger partial charge on any atom is 0.336 e. The number of esters is 2. The number of allylic oxidation sites excluding steroid dienone is 2. The van der Waals surface area contributed by atoms with Crippen LogP contribution in [0.4, 0.5) is 0 Å². The second-order valence-corrected chi connectivity index (χ2v) is 7.95. The number of benzene rings is 1. The zero-order valence-corrected chi connectivity index (χ0v) is 18.5. The first-order chi connectivity index (χ1) is 14.6. The van der Waals surface area contributed by atoms with Crippen LogP contribution >= 0.6 is 0 Å². The number of hydrogen-bond acceptors (Lipinski definition) is 7. The van der Waals surface area contributed by atoms with E-state index in [1.165, 1.54) is 6.07 Å². The van der Waals surface area contributed by atoms with E-state index < -0.39 is 35.4 Å². The first-order valence-electron chi connectivity index (χ1n) is 10.0. The van der Waals surface area contributed by atoms with Crippen molar-refractivity contribution < 1.29 is 28.2 Å². The third-order valence-corrected chi connectivity index (χ3v) is 5.38. The maximum absolute atomic E-state index is 12.7. The van der Waals surface area contributed by atoms with Crippen LogP contribution in [0.1, 0.15) is 53.2 Å². The highest BCUT2D eigenvalue weighted by atomic mass is 16.6. The van der Waals surface area contributed by atoms with Crippen molar-refractivity contribution in [3.63, 3.8) is 0 Å². The van der Waals surface area contributed by atoms with Gasteiger partial charge in [0.05, 0.1) is 5.56 Å². The first-order valence-corrected chi connectivity index (χ1v) is 10.0. The van der Waals surface area contributed by atoms with Crippen molar-refractivity contribution in [2.24, 2.45) is 0 Å². The lowest BCUT2D eigenvalue weighted by Gasteiger charge is -2.43. The molecule has 0 unspecified atom stereocenters. The van der Waals surface area contributed by atoms with Gasteiger partial charge < -0.3 is 18.6 Å². The molecule has 7 nitrogen and oxygen atoms in total. The minimum Gasteiger partial charge on any atom is -0.483 e. The number of rotatable bonds is 4. The molecule has 7 heteroatoms. The highest BCUT2D eigenvalue weighted by Gasteiger charge is 2.50. The van der Waals surface area contributed by atoms with Crippen molar-refractivity contribution >= 4 is 22.9 Å². The van der Waals surface area contributed by atoms with Crippen molar-refractivity contribution in [3.05, 3.63) is 63.5 Å². The predicted octanol–water partition coefficient (Wildman–Crippen LogP) is 4.39. The van der Waals surface area contributed by atoms with E-state index in [2.05, 4.69) is 0 Å². The van der Waals surface area contributed by atoms with Gasteiger partial charge in [-0.05, 0) is 59.7 Å². The summed E-state index contributed by atoms with van der Waals surface area (Å²) in [6.07, 6.45) is 1.21. The molecule has 1 aromatic carbocycles. The summed E-state index contributed by atoms with van der Waals surface area (Å²) in [4.78, 5) is 37.3. The molecule has 31 heavy (non-hydrogen) atoms. The smallest absolute Gasteiger partial charge is 0.336 e. The van der Waals surface area contributed by atoms with E-state index in [9.17, 15) is 14.4 Å². The zero-order valence-electron chi connectivity index (χ0n) is 18.5. The van der Waals surface area contributed by atoms with Crippen LogP contribution in [0.3, 0.4) is 0 Å². The minimum atomic E-state index is -1.05. The summed E-state index contributed by atoms with van der Waals surface area (Å²) in [5.74, 6) is -0.744. The van der Waals surface area contributed by atoms with E-state index in [1.54, 1.807) is 71.9 Å². The minimum absolute atomic E-state index is 0.222. The molecule has 2 aromatic rings. The van der Waals surface area contributed by atoms with Crippen molar-refractivity contribution in [3.8, 4) is 5.75 Å². The quantitative estimate of drug-likeness (QED) is 0.407. The molecule has 3 rings (SSSR count). The maximum atomic E-state index is 12.7. The SMILES string of the molecule is C/C=C(/C)C(=O)O[C@@H]1[C@@H](OC(=O)/C(C)=C\C)c2c(ccc3ccc(=O)oc23)OC1(C)C. The molecule has 0 fully saturated rings. The van der Waals surface area contributed by atoms with Gasteiger partial charge in [0.15, 0.2) is 12.2 Å². The molecule has 0 saturated carbocycles. The van der Waals surface area contributed by atoms with Crippen LogP contribution in [0.25, 0.3) is 11.0 Å². The fourth-order valence-corrected chi connectivity index (χ4v) is 3.33. The van der Waals surface area contributed by atoms with Gasteiger partial charge in [0.1, 0.15) is 16.9 Å². The fourth-order valence-electron chi connectivity index (χ4n) is 3.33. The molecular weight excluding hydrogens is 400 g/mol. The first kappa shape index (κ1) is 22.3. The van der Waals surface area contributed by atoms with Gasteiger partial charge >= 0.3 is 17.6 Å². The third kappa shape index (κ3) is 4.26. The van der Waals surface area contributed by atoms with Crippen molar-refractivity contribution in [1.82, 2.24) is 0 Å². The molecule has 0 spiro atoms. The second kappa shape index (κ2) is 8.41. The van der Waals surface area contributed by atoms with Crippen molar-refractivity contribution in [2.75, 3.05) is 0 Å². The molecule has 1 aliphatic rings. The Morgan fingerprint density at radius 3 is 2.16 bits per heavy atom. The van der Waals surface area contributed by atoms with Gasteiger partial charge in [-0.15, -0.1) is 0 Å². The van der Waals surface area contributed by atoms with Gasteiger partial charge in [-0.2, -0.15) is 0 Å². The highest BCUT2D eigenvalue weighted by molar-refractivity contribution is 5.90. The summed E-state index contributed by atoms with van der Waals surface area (Å²) in [5, 5.41) is 0.625. The van der Waals surface area contributed by atoms with Gasteiger partial charge in [-0.3, -0.25) is 0 Å². The van der Waals surface area contributed by atoms with Crippen LogP contribution < -0.4 is 10.4 Å². The topological polar surface area (TPSA) is 92.0 Å². The molecule has 0 aliphatic carbocycles. The van der Waals surface area contributed by atoms with Crippen LogP contribution in [0.2, 0.25) is 0 Å². The molecule has 1 aliphatic heterocycles. The summed E-state index contributed by atoms with van der Waals surface area (Å²) in [7, 11) is 0. The summed E-state index contributed by atoms with van der Waals surface area (Å²) in [5.41, 5.74) is -0.224. The van der Waals surface area contributed by atoms with Gasteiger partial charge in [-0.1, -0.05) is 12.2 Å². The Kier molecular flexibility index (Phi) is 6.06. The molecule has 0 radical (unpaired) electrons. The molecule has 1 aromatic heterocycles. The number of hydrogen-bond donors (Lipinski definition) is 0. The van der Waals surface area contributed by atoms with E-state index in [1.807, 2.05) is 0 Å². The highest BCUT2D eigenvalue weighted by Crippen LogP contribution is 2.46. The molecule has 2 atom stereocenters. The summed E-state index contributed by atoms with van der Waals surface area (Å²) >= 11 is 0. The molecule has 164 valence electrons. The average Bonchev–Trinajstić information content (AvgIpc) is 2.73. The lowest BCUT2D eigenvalue weighted by atomic mass is 9.87. The number of ether oxygens (including phenoxy) is 3. The van der Waals surface area contributed by atoms with Crippen LogP contribution in [0.15, 0.2) is 56.8 Å². The van der Waals surface area contributed by atoms with Gasteiger partial charge in [0.2, 0.25) is 0 Å². The standard InChI is InChI=1S/C24H26O7/c1-7-13(3)22(26)29-20-18-16(11-9-15-10-12-17(25)28-19(15)18)31-24(5,6)21(20)30-23(27)14(4)8-2/h7-12,20-21H,1-6H3/b13-7-,14-8-/t20-,21+/m0/s1. The van der Waals surface area contributed by atoms with E-state index >= 15 is 0 Å². The zero-order chi connectivity index (χ0) is 22.9. The van der Waals surface area contributed by atoms with Crippen LogP contribution in [-0.2, 0) is 19.1 Å². The Morgan fingerprint density at radius 1 is 0.968 bits per heavy atom. The number of fused-ring (bicyclic) bond motifs is 3. The van der Waals surface area contributed by atoms with Crippen molar-refractivity contribution in [2.45, 2.75) is 59.4 Å². The predicted molar refractivity (Wildman–Crippen MR) is 115 cm³/mol.